The van der Waals surface area contributed by atoms with Gasteiger partial charge in [-0.1, -0.05) is 23.7 Å². The number of amides is 2. The number of hydrogen-bond acceptors (Lipinski definition) is 3. The van der Waals surface area contributed by atoms with E-state index in [1.165, 1.54) is 0 Å². The SMILES string of the molecule is Cc1ccc(CCC(=O)NC(CC(N)=O)C(=O)O)cc1Cl. The monoisotopic (exact) mass is 312 g/mol. The zero-order valence-electron chi connectivity index (χ0n) is 11.6. The fraction of sp³-hybridized carbons (Fsp3) is 0.357. The highest BCUT2D eigenvalue weighted by atomic mass is 35.5. The lowest BCUT2D eigenvalue weighted by atomic mass is 10.1. The van der Waals surface area contributed by atoms with Crippen molar-refractivity contribution in [3.05, 3.63) is 34.3 Å². The second-order valence-electron chi connectivity index (χ2n) is 4.71. The highest BCUT2D eigenvalue weighted by Crippen LogP contribution is 2.17. The van der Waals surface area contributed by atoms with Crippen LogP contribution in [0, 0.1) is 6.92 Å². The first-order valence-electron chi connectivity index (χ1n) is 6.35. The van der Waals surface area contributed by atoms with Crippen molar-refractivity contribution in [2.45, 2.75) is 32.2 Å². The Bertz CT molecular complexity index is 560. The predicted molar refractivity (Wildman–Crippen MR) is 77.9 cm³/mol. The number of halogens is 1. The van der Waals surface area contributed by atoms with Gasteiger partial charge in [0.15, 0.2) is 0 Å². The molecule has 1 aromatic carbocycles. The minimum absolute atomic E-state index is 0.0991. The average molecular weight is 313 g/mol. The van der Waals surface area contributed by atoms with Gasteiger partial charge in [0.2, 0.25) is 11.8 Å². The van der Waals surface area contributed by atoms with Crippen molar-refractivity contribution >= 4 is 29.4 Å². The van der Waals surface area contributed by atoms with Crippen LogP contribution in [0.2, 0.25) is 5.02 Å². The van der Waals surface area contributed by atoms with E-state index in [9.17, 15) is 14.4 Å². The summed E-state index contributed by atoms with van der Waals surface area (Å²) in [7, 11) is 0. The van der Waals surface area contributed by atoms with Gasteiger partial charge >= 0.3 is 5.97 Å². The Kier molecular flexibility index (Phi) is 6.17. The van der Waals surface area contributed by atoms with E-state index in [1.807, 2.05) is 19.1 Å². The molecule has 0 aromatic heterocycles. The second-order valence-corrected chi connectivity index (χ2v) is 5.12. The minimum atomic E-state index is -1.29. The Hall–Kier alpha value is -2.08. The molecule has 114 valence electrons. The van der Waals surface area contributed by atoms with Crippen LogP contribution in [0.25, 0.3) is 0 Å². The molecular weight excluding hydrogens is 296 g/mol. The van der Waals surface area contributed by atoms with Crippen molar-refractivity contribution in [3.63, 3.8) is 0 Å². The molecule has 21 heavy (non-hydrogen) atoms. The number of carbonyl (C=O) groups excluding carboxylic acids is 2. The molecule has 6 nitrogen and oxygen atoms in total. The van der Waals surface area contributed by atoms with E-state index in [2.05, 4.69) is 5.32 Å². The van der Waals surface area contributed by atoms with Gasteiger partial charge in [-0.15, -0.1) is 0 Å². The maximum absolute atomic E-state index is 11.7. The van der Waals surface area contributed by atoms with Crippen LogP contribution in [-0.2, 0) is 20.8 Å². The summed E-state index contributed by atoms with van der Waals surface area (Å²) in [4.78, 5) is 33.3. The lowest BCUT2D eigenvalue weighted by Crippen LogP contribution is -2.43. The van der Waals surface area contributed by atoms with E-state index < -0.39 is 30.2 Å². The van der Waals surface area contributed by atoms with Crippen molar-refractivity contribution in [2.75, 3.05) is 0 Å². The van der Waals surface area contributed by atoms with Crippen molar-refractivity contribution in [2.24, 2.45) is 5.73 Å². The first-order valence-corrected chi connectivity index (χ1v) is 6.73. The van der Waals surface area contributed by atoms with Gasteiger partial charge in [-0.3, -0.25) is 9.59 Å². The number of aliphatic carboxylic acids is 1. The molecule has 0 heterocycles. The van der Waals surface area contributed by atoms with Crippen molar-refractivity contribution in [1.82, 2.24) is 5.32 Å². The van der Waals surface area contributed by atoms with E-state index in [0.717, 1.165) is 11.1 Å². The van der Waals surface area contributed by atoms with Gasteiger partial charge in [-0.05, 0) is 30.5 Å². The van der Waals surface area contributed by atoms with Crippen LogP contribution in [0.5, 0.6) is 0 Å². The fourth-order valence-corrected chi connectivity index (χ4v) is 1.92. The molecule has 1 unspecified atom stereocenters. The largest absolute Gasteiger partial charge is 0.480 e. The molecule has 1 atom stereocenters. The number of hydrogen-bond donors (Lipinski definition) is 3. The Morgan fingerprint density at radius 3 is 2.57 bits per heavy atom. The number of carboxylic acid groups (broad SMARTS) is 1. The highest BCUT2D eigenvalue weighted by molar-refractivity contribution is 6.31. The molecule has 1 rings (SSSR count). The zero-order valence-corrected chi connectivity index (χ0v) is 12.3. The van der Waals surface area contributed by atoms with E-state index in [1.54, 1.807) is 6.07 Å². The van der Waals surface area contributed by atoms with Crippen LogP contribution < -0.4 is 11.1 Å². The molecule has 7 heteroatoms. The zero-order chi connectivity index (χ0) is 16.0. The minimum Gasteiger partial charge on any atom is -0.480 e. The number of rotatable bonds is 7. The molecule has 0 saturated carbocycles. The first-order chi connectivity index (χ1) is 9.79. The molecule has 0 aliphatic rings. The average Bonchev–Trinajstić information content (AvgIpc) is 2.38. The summed E-state index contributed by atoms with van der Waals surface area (Å²) in [6.45, 7) is 1.88. The van der Waals surface area contributed by atoms with E-state index in [4.69, 9.17) is 22.4 Å². The van der Waals surface area contributed by atoms with Crippen LogP contribution in [0.4, 0.5) is 0 Å². The van der Waals surface area contributed by atoms with Crippen LogP contribution in [-0.4, -0.2) is 28.9 Å². The predicted octanol–water partition coefficient (Wildman–Crippen LogP) is 1.03. The van der Waals surface area contributed by atoms with Gasteiger partial charge in [0.1, 0.15) is 6.04 Å². The third kappa shape index (κ3) is 5.83. The third-order valence-corrected chi connectivity index (χ3v) is 3.32. The molecule has 4 N–H and O–H groups in total. The molecule has 0 aliphatic carbocycles. The molecular formula is C14H17ClN2O4. The third-order valence-electron chi connectivity index (χ3n) is 2.92. The second kappa shape index (κ2) is 7.64. The number of benzene rings is 1. The Balaban J connectivity index is 2.54. The number of primary amides is 1. The van der Waals surface area contributed by atoms with Crippen molar-refractivity contribution < 1.29 is 19.5 Å². The molecule has 2 amide bonds. The van der Waals surface area contributed by atoms with Crippen LogP contribution in [0.1, 0.15) is 24.0 Å². The Morgan fingerprint density at radius 2 is 2.05 bits per heavy atom. The van der Waals surface area contributed by atoms with Crippen LogP contribution in [0.15, 0.2) is 18.2 Å². The number of carbonyl (C=O) groups is 3. The summed E-state index contributed by atoms with van der Waals surface area (Å²) in [6.07, 6.45) is 0.0914. The Labute approximate surface area is 127 Å². The number of carboxylic acids is 1. The number of nitrogens with one attached hydrogen (secondary N) is 1. The number of nitrogens with two attached hydrogens (primary N) is 1. The Morgan fingerprint density at radius 1 is 1.38 bits per heavy atom. The van der Waals surface area contributed by atoms with Crippen LogP contribution in [0.3, 0.4) is 0 Å². The fourth-order valence-electron chi connectivity index (χ4n) is 1.72. The summed E-state index contributed by atoms with van der Waals surface area (Å²) in [5, 5.41) is 11.8. The van der Waals surface area contributed by atoms with Gasteiger partial charge in [0, 0.05) is 11.4 Å². The molecule has 0 saturated heterocycles. The van der Waals surface area contributed by atoms with Gasteiger partial charge in [0.25, 0.3) is 0 Å². The summed E-state index contributed by atoms with van der Waals surface area (Å²) >= 11 is 5.98. The van der Waals surface area contributed by atoms with Gasteiger partial charge in [-0.25, -0.2) is 4.79 Å². The first kappa shape index (κ1) is 17.0. The molecule has 0 fully saturated rings. The summed E-state index contributed by atoms with van der Waals surface area (Å²) in [5.74, 6) is -2.53. The van der Waals surface area contributed by atoms with E-state index >= 15 is 0 Å². The normalized spacial score (nSPS) is 11.7. The van der Waals surface area contributed by atoms with E-state index in [0.29, 0.717) is 11.4 Å². The lowest BCUT2D eigenvalue weighted by molar-refractivity contribution is -0.143. The summed E-state index contributed by atoms with van der Waals surface area (Å²) in [5.41, 5.74) is 6.75. The molecule has 1 aromatic rings. The van der Waals surface area contributed by atoms with Crippen LogP contribution >= 0.6 is 11.6 Å². The maximum atomic E-state index is 11.7. The topological polar surface area (TPSA) is 109 Å². The standard InChI is InChI=1S/C14H17ClN2O4/c1-8-2-3-9(6-10(8)15)4-5-13(19)17-11(14(20)21)7-12(16)18/h2-3,6,11H,4-5,7H2,1H3,(H2,16,18)(H,17,19)(H,20,21). The highest BCUT2D eigenvalue weighted by Gasteiger charge is 2.21. The van der Waals surface area contributed by atoms with Gasteiger partial charge < -0.3 is 16.2 Å². The molecule has 0 aliphatic heterocycles. The van der Waals surface area contributed by atoms with Gasteiger partial charge in [0.05, 0.1) is 6.42 Å². The maximum Gasteiger partial charge on any atom is 0.326 e. The smallest absolute Gasteiger partial charge is 0.326 e. The van der Waals surface area contributed by atoms with Gasteiger partial charge in [-0.2, -0.15) is 0 Å². The molecule has 0 radical (unpaired) electrons. The lowest BCUT2D eigenvalue weighted by Gasteiger charge is -2.12. The number of aryl methyl sites for hydroxylation is 2. The summed E-state index contributed by atoms with van der Waals surface area (Å²) < 4.78 is 0. The quantitative estimate of drug-likeness (QED) is 0.698. The van der Waals surface area contributed by atoms with E-state index in [-0.39, 0.29) is 6.42 Å². The molecule has 0 bridgehead atoms. The molecule has 0 spiro atoms. The van der Waals surface area contributed by atoms with Crippen molar-refractivity contribution in [3.8, 4) is 0 Å². The van der Waals surface area contributed by atoms with Crippen molar-refractivity contribution in [1.29, 1.82) is 0 Å². The summed E-state index contributed by atoms with van der Waals surface area (Å²) in [6, 6.07) is 4.17.